The molecule has 1 atom stereocenters. The fourth-order valence-electron chi connectivity index (χ4n) is 3.38. The van der Waals surface area contributed by atoms with E-state index in [4.69, 9.17) is 0 Å². The van der Waals surface area contributed by atoms with E-state index >= 15 is 0 Å². The standard InChI is InChI=1S/C17H21N5O/c23-16(10-13-5-7-18-8-6-13)21-9-1-2-14(11-21)17-20-19-12-22(17)15-3-4-15/h5-8,12,14-15H,1-4,9-11H2. The highest BCUT2D eigenvalue weighted by Crippen LogP contribution is 2.38. The van der Waals surface area contributed by atoms with E-state index in [-0.39, 0.29) is 5.91 Å². The molecule has 1 amide bonds. The van der Waals surface area contributed by atoms with Crippen LogP contribution in [0.4, 0.5) is 0 Å². The summed E-state index contributed by atoms with van der Waals surface area (Å²) < 4.78 is 2.22. The van der Waals surface area contributed by atoms with Crippen LogP contribution < -0.4 is 0 Å². The number of rotatable bonds is 4. The summed E-state index contributed by atoms with van der Waals surface area (Å²) in [4.78, 5) is 18.6. The minimum absolute atomic E-state index is 0.193. The predicted octanol–water partition coefficient (Wildman–Crippen LogP) is 1.96. The van der Waals surface area contributed by atoms with E-state index in [9.17, 15) is 4.79 Å². The molecule has 2 aromatic rings. The van der Waals surface area contributed by atoms with Crippen molar-refractivity contribution in [3.8, 4) is 0 Å². The molecule has 0 aromatic carbocycles. The molecule has 1 unspecified atom stereocenters. The quantitative estimate of drug-likeness (QED) is 0.866. The lowest BCUT2D eigenvalue weighted by atomic mass is 9.96. The van der Waals surface area contributed by atoms with Crippen LogP contribution in [0.2, 0.25) is 0 Å². The fourth-order valence-corrected chi connectivity index (χ4v) is 3.38. The average Bonchev–Trinajstić information content (AvgIpc) is 3.32. The van der Waals surface area contributed by atoms with Crippen molar-refractivity contribution < 1.29 is 4.79 Å². The van der Waals surface area contributed by atoms with Gasteiger partial charge in [-0.3, -0.25) is 9.78 Å². The SMILES string of the molecule is O=C(Cc1ccncc1)N1CCCC(c2nncn2C2CC2)C1. The molecule has 2 aromatic heterocycles. The number of amides is 1. The number of piperidine rings is 1. The Hall–Kier alpha value is -2.24. The zero-order valence-corrected chi connectivity index (χ0v) is 13.1. The Kier molecular flexibility index (Phi) is 3.81. The molecular weight excluding hydrogens is 290 g/mol. The van der Waals surface area contributed by atoms with Crippen LogP contribution >= 0.6 is 0 Å². The van der Waals surface area contributed by atoms with Crippen LogP contribution in [0.3, 0.4) is 0 Å². The Morgan fingerprint density at radius 3 is 2.83 bits per heavy atom. The minimum Gasteiger partial charge on any atom is -0.342 e. The Balaban J connectivity index is 1.44. The van der Waals surface area contributed by atoms with Gasteiger partial charge in [0.05, 0.1) is 6.42 Å². The summed E-state index contributed by atoms with van der Waals surface area (Å²) in [6, 6.07) is 4.40. The van der Waals surface area contributed by atoms with Crippen LogP contribution in [0.1, 0.15) is 49.0 Å². The highest BCUT2D eigenvalue weighted by atomic mass is 16.2. The van der Waals surface area contributed by atoms with E-state index in [1.807, 2.05) is 23.4 Å². The summed E-state index contributed by atoms with van der Waals surface area (Å²) in [5, 5.41) is 8.44. The first kappa shape index (κ1) is 14.4. The first-order valence-corrected chi connectivity index (χ1v) is 8.37. The van der Waals surface area contributed by atoms with Crippen LogP contribution in [0.5, 0.6) is 0 Å². The van der Waals surface area contributed by atoms with Crippen molar-refractivity contribution in [1.82, 2.24) is 24.6 Å². The first-order chi connectivity index (χ1) is 11.3. The van der Waals surface area contributed by atoms with E-state index in [0.29, 0.717) is 18.4 Å². The van der Waals surface area contributed by atoms with Gasteiger partial charge in [0.2, 0.25) is 5.91 Å². The second kappa shape index (κ2) is 6.10. The Morgan fingerprint density at radius 1 is 1.22 bits per heavy atom. The highest BCUT2D eigenvalue weighted by molar-refractivity contribution is 5.78. The third-order valence-corrected chi connectivity index (χ3v) is 4.78. The van der Waals surface area contributed by atoms with Gasteiger partial charge in [-0.05, 0) is 43.4 Å². The van der Waals surface area contributed by atoms with Gasteiger partial charge in [-0.15, -0.1) is 10.2 Å². The zero-order chi connectivity index (χ0) is 15.6. The second-order valence-corrected chi connectivity index (χ2v) is 6.54. The molecule has 1 saturated carbocycles. The normalized spacial score (nSPS) is 21.4. The van der Waals surface area contributed by atoms with E-state index in [2.05, 4.69) is 19.7 Å². The Labute approximate surface area is 135 Å². The molecule has 0 spiro atoms. The second-order valence-electron chi connectivity index (χ2n) is 6.54. The molecule has 0 bridgehead atoms. The van der Waals surface area contributed by atoms with Gasteiger partial charge >= 0.3 is 0 Å². The van der Waals surface area contributed by atoms with Crippen molar-refractivity contribution in [2.75, 3.05) is 13.1 Å². The molecule has 2 fully saturated rings. The lowest BCUT2D eigenvalue weighted by Crippen LogP contribution is -2.40. The average molecular weight is 311 g/mol. The van der Waals surface area contributed by atoms with Crippen molar-refractivity contribution in [2.45, 2.75) is 44.1 Å². The fraction of sp³-hybridized carbons (Fsp3) is 0.529. The highest BCUT2D eigenvalue weighted by Gasteiger charge is 2.32. The number of carbonyl (C=O) groups is 1. The Bertz CT molecular complexity index is 679. The maximum atomic E-state index is 12.6. The number of hydrogen-bond donors (Lipinski definition) is 0. The molecule has 4 rings (SSSR count). The summed E-state index contributed by atoms with van der Waals surface area (Å²) in [6.07, 6.45) is 10.3. The van der Waals surface area contributed by atoms with Gasteiger partial charge in [0.25, 0.3) is 0 Å². The van der Waals surface area contributed by atoms with Crippen LogP contribution in [0, 0.1) is 0 Å². The predicted molar refractivity (Wildman–Crippen MR) is 84.8 cm³/mol. The molecular formula is C17H21N5O. The lowest BCUT2D eigenvalue weighted by molar-refractivity contribution is -0.131. The van der Waals surface area contributed by atoms with Gasteiger partial charge < -0.3 is 9.47 Å². The third-order valence-electron chi connectivity index (χ3n) is 4.78. The molecule has 0 radical (unpaired) electrons. The Morgan fingerprint density at radius 2 is 2.04 bits per heavy atom. The summed E-state index contributed by atoms with van der Waals surface area (Å²) in [7, 11) is 0. The van der Waals surface area contributed by atoms with Gasteiger partial charge in [0.15, 0.2) is 0 Å². The molecule has 6 nitrogen and oxygen atoms in total. The molecule has 1 aliphatic carbocycles. The van der Waals surface area contributed by atoms with Crippen molar-refractivity contribution in [2.24, 2.45) is 0 Å². The summed E-state index contributed by atoms with van der Waals surface area (Å²) in [5.41, 5.74) is 1.02. The molecule has 23 heavy (non-hydrogen) atoms. The number of aromatic nitrogens is 4. The monoisotopic (exact) mass is 311 g/mol. The molecule has 1 saturated heterocycles. The largest absolute Gasteiger partial charge is 0.342 e. The van der Waals surface area contributed by atoms with Crippen LogP contribution in [-0.2, 0) is 11.2 Å². The van der Waals surface area contributed by atoms with Crippen LogP contribution in [0.15, 0.2) is 30.9 Å². The lowest BCUT2D eigenvalue weighted by Gasteiger charge is -2.32. The maximum absolute atomic E-state index is 12.6. The van der Waals surface area contributed by atoms with E-state index < -0.39 is 0 Å². The topological polar surface area (TPSA) is 63.9 Å². The molecule has 1 aliphatic heterocycles. The van der Waals surface area contributed by atoms with E-state index in [0.717, 1.165) is 37.3 Å². The third kappa shape index (κ3) is 3.11. The van der Waals surface area contributed by atoms with E-state index in [1.165, 1.54) is 12.8 Å². The van der Waals surface area contributed by atoms with Crippen molar-refractivity contribution in [1.29, 1.82) is 0 Å². The summed E-state index contributed by atoms with van der Waals surface area (Å²) >= 11 is 0. The van der Waals surface area contributed by atoms with Crippen molar-refractivity contribution >= 4 is 5.91 Å². The first-order valence-electron chi connectivity index (χ1n) is 8.37. The molecule has 2 aliphatic rings. The van der Waals surface area contributed by atoms with Gasteiger partial charge in [0, 0.05) is 37.4 Å². The summed E-state index contributed by atoms with van der Waals surface area (Å²) in [5.74, 6) is 1.57. The number of nitrogens with zero attached hydrogens (tertiary/aromatic N) is 5. The van der Waals surface area contributed by atoms with Gasteiger partial charge in [-0.25, -0.2) is 0 Å². The van der Waals surface area contributed by atoms with Gasteiger partial charge in [-0.2, -0.15) is 0 Å². The number of hydrogen-bond acceptors (Lipinski definition) is 4. The summed E-state index contributed by atoms with van der Waals surface area (Å²) in [6.45, 7) is 1.60. The zero-order valence-electron chi connectivity index (χ0n) is 13.1. The number of carbonyl (C=O) groups excluding carboxylic acids is 1. The molecule has 3 heterocycles. The van der Waals surface area contributed by atoms with Gasteiger partial charge in [0.1, 0.15) is 12.2 Å². The van der Waals surface area contributed by atoms with Crippen LogP contribution in [-0.4, -0.2) is 43.6 Å². The number of pyridine rings is 1. The van der Waals surface area contributed by atoms with Crippen molar-refractivity contribution in [3.63, 3.8) is 0 Å². The van der Waals surface area contributed by atoms with Gasteiger partial charge in [-0.1, -0.05) is 0 Å². The van der Waals surface area contributed by atoms with E-state index in [1.54, 1.807) is 12.4 Å². The smallest absolute Gasteiger partial charge is 0.227 e. The molecule has 6 heteroatoms. The van der Waals surface area contributed by atoms with Crippen molar-refractivity contribution in [3.05, 3.63) is 42.2 Å². The number of likely N-dealkylation sites (tertiary alicyclic amines) is 1. The molecule has 120 valence electrons. The molecule has 0 N–H and O–H groups in total. The maximum Gasteiger partial charge on any atom is 0.227 e. The van der Waals surface area contributed by atoms with Crippen LogP contribution in [0.25, 0.3) is 0 Å². The minimum atomic E-state index is 0.193.